The van der Waals surface area contributed by atoms with Gasteiger partial charge in [0, 0.05) is 23.9 Å². The number of carbonyl (C=O) groups is 1. The van der Waals surface area contributed by atoms with E-state index in [9.17, 15) is 18.0 Å². The Morgan fingerprint density at radius 2 is 2.16 bits per heavy atom. The monoisotopic (exact) mass is 273 g/mol. The summed E-state index contributed by atoms with van der Waals surface area (Å²) in [5.74, 6) is -1.42. The minimum absolute atomic E-state index is 0.303. The molecule has 0 radical (unpaired) electrons. The molecule has 0 saturated heterocycles. The molecule has 102 valence electrons. The van der Waals surface area contributed by atoms with Crippen LogP contribution in [0.1, 0.15) is 11.1 Å². The molecule has 0 atom stereocenters. The van der Waals surface area contributed by atoms with Crippen LogP contribution >= 0.6 is 0 Å². The highest BCUT2D eigenvalue weighted by Gasteiger charge is 2.31. The molecule has 2 rings (SSSR count). The smallest absolute Gasteiger partial charge is 0.478 e. The van der Waals surface area contributed by atoms with Gasteiger partial charge in [-0.05, 0) is 30.2 Å². The van der Waals surface area contributed by atoms with Crippen LogP contribution < -0.4 is 10.1 Å². The Bertz CT molecular complexity index is 538. The van der Waals surface area contributed by atoms with Crippen molar-refractivity contribution in [2.75, 3.05) is 6.54 Å². The van der Waals surface area contributed by atoms with Crippen molar-refractivity contribution in [1.82, 2.24) is 5.32 Å². The van der Waals surface area contributed by atoms with Gasteiger partial charge >= 0.3 is 12.3 Å². The molecule has 0 amide bonds. The van der Waals surface area contributed by atoms with Gasteiger partial charge in [0.2, 0.25) is 0 Å². The van der Waals surface area contributed by atoms with Crippen LogP contribution in [0.5, 0.6) is 5.75 Å². The molecule has 1 aliphatic heterocycles. The third-order valence-electron chi connectivity index (χ3n) is 2.58. The summed E-state index contributed by atoms with van der Waals surface area (Å²) >= 11 is 0. The summed E-state index contributed by atoms with van der Waals surface area (Å²) < 4.78 is 40.1. The van der Waals surface area contributed by atoms with Gasteiger partial charge in [0.25, 0.3) is 0 Å². The molecule has 19 heavy (non-hydrogen) atoms. The van der Waals surface area contributed by atoms with Crippen LogP contribution in [0.25, 0.3) is 5.70 Å². The topological polar surface area (TPSA) is 58.6 Å². The predicted octanol–water partition coefficient (Wildman–Crippen LogP) is 2.16. The number of alkyl halides is 3. The fourth-order valence-corrected chi connectivity index (χ4v) is 1.92. The number of carboxylic acids is 1. The fourth-order valence-electron chi connectivity index (χ4n) is 1.92. The van der Waals surface area contributed by atoms with Crippen molar-refractivity contribution in [2.45, 2.75) is 12.8 Å². The number of ether oxygens (including phenoxy) is 1. The first-order chi connectivity index (χ1) is 8.85. The molecule has 0 aromatic heterocycles. The quantitative estimate of drug-likeness (QED) is 0.811. The summed E-state index contributed by atoms with van der Waals surface area (Å²) in [6, 6.07) is 3.85. The molecule has 0 unspecified atom stereocenters. The number of nitrogens with one attached hydrogen (secondary N) is 1. The second kappa shape index (κ2) is 4.83. The molecule has 2 N–H and O–H groups in total. The lowest BCUT2D eigenvalue weighted by atomic mass is 9.97. The molecule has 0 spiro atoms. The van der Waals surface area contributed by atoms with Gasteiger partial charge in [0.05, 0.1) is 0 Å². The van der Waals surface area contributed by atoms with Crippen molar-refractivity contribution in [1.29, 1.82) is 0 Å². The number of hydrogen-bond acceptors (Lipinski definition) is 3. The highest BCUT2D eigenvalue weighted by molar-refractivity contribution is 5.90. The molecule has 1 aliphatic rings. The van der Waals surface area contributed by atoms with Crippen molar-refractivity contribution in [2.24, 2.45) is 0 Å². The first-order valence-electron chi connectivity index (χ1n) is 5.43. The van der Waals surface area contributed by atoms with Gasteiger partial charge in [-0.1, -0.05) is 0 Å². The van der Waals surface area contributed by atoms with Crippen LogP contribution in [0.3, 0.4) is 0 Å². The lowest BCUT2D eigenvalue weighted by Crippen LogP contribution is -2.24. The highest BCUT2D eigenvalue weighted by Crippen LogP contribution is 2.29. The number of carboxylic acid groups (broad SMARTS) is 1. The predicted molar refractivity (Wildman–Crippen MR) is 60.4 cm³/mol. The molecule has 0 aliphatic carbocycles. The van der Waals surface area contributed by atoms with Crippen molar-refractivity contribution in [3.63, 3.8) is 0 Å². The second-order valence-electron chi connectivity index (χ2n) is 3.94. The Balaban J connectivity index is 2.33. The number of aliphatic carboxylic acids is 1. The average molecular weight is 273 g/mol. The van der Waals surface area contributed by atoms with Crippen LogP contribution in [0.2, 0.25) is 0 Å². The Morgan fingerprint density at radius 3 is 2.79 bits per heavy atom. The maximum Gasteiger partial charge on any atom is 0.573 e. The minimum Gasteiger partial charge on any atom is -0.478 e. The van der Waals surface area contributed by atoms with E-state index in [2.05, 4.69) is 10.1 Å². The Kier molecular flexibility index (Phi) is 3.37. The molecule has 4 nitrogen and oxygen atoms in total. The van der Waals surface area contributed by atoms with Crippen LogP contribution in [0, 0.1) is 0 Å². The van der Waals surface area contributed by atoms with E-state index in [0.717, 1.165) is 12.1 Å². The van der Waals surface area contributed by atoms with Gasteiger partial charge < -0.3 is 15.2 Å². The molecule has 0 fully saturated rings. The van der Waals surface area contributed by atoms with Crippen molar-refractivity contribution in [3.8, 4) is 5.75 Å². The van der Waals surface area contributed by atoms with E-state index >= 15 is 0 Å². The number of hydrogen-bond donors (Lipinski definition) is 2. The van der Waals surface area contributed by atoms with Crippen molar-refractivity contribution < 1.29 is 27.8 Å². The standard InChI is InChI=1S/C12H10F3NO3/c13-12(14,15)19-8-1-2-9-7(5-8)3-4-16-10(9)6-11(17)18/h1-2,5-6,16H,3-4H2,(H,17,18)/b10-6-. The third-order valence-corrected chi connectivity index (χ3v) is 2.58. The zero-order valence-corrected chi connectivity index (χ0v) is 9.62. The second-order valence-corrected chi connectivity index (χ2v) is 3.94. The van der Waals surface area contributed by atoms with Crippen molar-refractivity contribution in [3.05, 3.63) is 35.4 Å². The zero-order chi connectivity index (χ0) is 14.0. The van der Waals surface area contributed by atoms with E-state index in [4.69, 9.17) is 5.11 Å². The summed E-state index contributed by atoms with van der Waals surface area (Å²) in [6.07, 6.45) is -3.25. The van der Waals surface area contributed by atoms with E-state index in [1.807, 2.05) is 0 Å². The molecule has 7 heteroatoms. The maximum absolute atomic E-state index is 12.1. The lowest BCUT2D eigenvalue weighted by molar-refractivity contribution is -0.274. The number of rotatable bonds is 2. The van der Waals surface area contributed by atoms with E-state index in [0.29, 0.717) is 29.8 Å². The Labute approximate surface area is 106 Å². The maximum atomic E-state index is 12.1. The van der Waals surface area contributed by atoms with Gasteiger partial charge in [-0.15, -0.1) is 13.2 Å². The summed E-state index contributed by atoms with van der Waals surface area (Å²) in [4.78, 5) is 10.6. The van der Waals surface area contributed by atoms with Gasteiger partial charge in [0.1, 0.15) is 5.75 Å². The molecule has 1 aromatic carbocycles. The van der Waals surface area contributed by atoms with Gasteiger partial charge in [-0.25, -0.2) is 4.79 Å². The SMILES string of the molecule is O=C(O)/C=C1\NCCc2cc(OC(F)(F)F)ccc21. The number of benzene rings is 1. The van der Waals surface area contributed by atoms with E-state index in [-0.39, 0.29) is 5.75 Å². The summed E-state index contributed by atoms with van der Waals surface area (Å²) in [7, 11) is 0. The molecular weight excluding hydrogens is 263 g/mol. The molecule has 0 bridgehead atoms. The first kappa shape index (κ1) is 13.3. The Hall–Kier alpha value is -2.18. The highest BCUT2D eigenvalue weighted by atomic mass is 19.4. The summed E-state index contributed by atoms with van der Waals surface area (Å²) in [6.45, 7) is 0.460. The van der Waals surface area contributed by atoms with Crippen molar-refractivity contribution >= 4 is 11.7 Å². The number of halogens is 3. The van der Waals surface area contributed by atoms with Gasteiger partial charge in [0.15, 0.2) is 0 Å². The van der Waals surface area contributed by atoms with E-state index < -0.39 is 12.3 Å². The third kappa shape index (κ3) is 3.40. The normalized spacial score (nSPS) is 16.7. The average Bonchev–Trinajstić information content (AvgIpc) is 2.26. The van der Waals surface area contributed by atoms with E-state index in [1.165, 1.54) is 12.1 Å². The fraction of sp³-hybridized carbons (Fsp3) is 0.250. The first-order valence-corrected chi connectivity index (χ1v) is 5.43. The minimum atomic E-state index is -4.74. The largest absolute Gasteiger partial charge is 0.573 e. The lowest BCUT2D eigenvalue weighted by Gasteiger charge is -2.21. The van der Waals surface area contributed by atoms with Crippen LogP contribution in [-0.2, 0) is 11.2 Å². The van der Waals surface area contributed by atoms with Gasteiger partial charge in [-0.2, -0.15) is 0 Å². The number of fused-ring (bicyclic) bond motifs is 1. The molecular formula is C12H10F3NO3. The van der Waals surface area contributed by atoms with Crippen LogP contribution in [0.4, 0.5) is 13.2 Å². The Morgan fingerprint density at radius 1 is 1.42 bits per heavy atom. The van der Waals surface area contributed by atoms with E-state index in [1.54, 1.807) is 0 Å². The van der Waals surface area contributed by atoms with Crippen LogP contribution in [0.15, 0.2) is 24.3 Å². The molecule has 1 aromatic rings. The molecule has 0 saturated carbocycles. The van der Waals surface area contributed by atoms with Crippen LogP contribution in [-0.4, -0.2) is 24.0 Å². The summed E-state index contributed by atoms with van der Waals surface area (Å²) in [5.41, 5.74) is 1.57. The molecule has 1 heterocycles. The summed E-state index contributed by atoms with van der Waals surface area (Å²) in [5, 5.41) is 11.6. The van der Waals surface area contributed by atoms with Gasteiger partial charge in [-0.3, -0.25) is 0 Å². The zero-order valence-electron chi connectivity index (χ0n) is 9.62.